The first-order valence-corrected chi connectivity index (χ1v) is 7.59. The lowest BCUT2D eigenvalue weighted by atomic mass is 9.76. The summed E-state index contributed by atoms with van der Waals surface area (Å²) in [5.74, 6) is 2.16. The second kappa shape index (κ2) is 6.19. The van der Waals surface area contributed by atoms with E-state index in [1.165, 1.54) is 44.9 Å². The number of nitrogens with one attached hydrogen (secondary N) is 1. The molecule has 2 aliphatic carbocycles. The van der Waals surface area contributed by atoms with E-state index in [0.29, 0.717) is 24.6 Å². The van der Waals surface area contributed by atoms with Gasteiger partial charge in [0.1, 0.15) is 0 Å². The molecule has 0 spiro atoms. The van der Waals surface area contributed by atoms with Crippen molar-refractivity contribution in [1.29, 1.82) is 0 Å². The molecule has 2 N–H and O–H groups in total. The highest BCUT2D eigenvalue weighted by Gasteiger charge is 2.31. The zero-order valence-corrected chi connectivity index (χ0v) is 11.5. The third-order valence-electron chi connectivity index (χ3n) is 5.28. The lowest BCUT2D eigenvalue weighted by Gasteiger charge is -2.40. The van der Waals surface area contributed by atoms with E-state index in [4.69, 9.17) is 0 Å². The molecule has 0 bridgehead atoms. The van der Waals surface area contributed by atoms with Crippen LogP contribution in [0.3, 0.4) is 0 Å². The Kier molecular flexibility index (Phi) is 4.87. The summed E-state index contributed by atoms with van der Waals surface area (Å²) in [6, 6.07) is 1.27. The highest BCUT2D eigenvalue weighted by molar-refractivity contribution is 4.88. The number of hydrogen-bond donors (Lipinski definition) is 2. The van der Waals surface area contributed by atoms with Crippen molar-refractivity contribution in [2.24, 2.45) is 17.8 Å². The van der Waals surface area contributed by atoms with Gasteiger partial charge in [0, 0.05) is 18.7 Å². The Labute approximate surface area is 106 Å². The second-order valence-electron chi connectivity index (χ2n) is 6.37. The molecule has 0 amide bonds. The predicted molar refractivity (Wildman–Crippen MR) is 71.9 cm³/mol. The lowest BCUT2D eigenvalue weighted by molar-refractivity contribution is 0.118. The summed E-state index contributed by atoms with van der Waals surface area (Å²) in [7, 11) is 0. The number of aliphatic hydroxyl groups excluding tert-OH is 1. The van der Waals surface area contributed by atoms with Gasteiger partial charge in [-0.1, -0.05) is 39.5 Å². The van der Waals surface area contributed by atoms with Crippen LogP contribution in [0.4, 0.5) is 0 Å². The summed E-state index contributed by atoms with van der Waals surface area (Å²) < 4.78 is 0. The molecule has 5 unspecified atom stereocenters. The molecule has 0 aromatic heterocycles. The Balaban J connectivity index is 1.89. The van der Waals surface area contributed by atoms with E-state index in [1.807, 2.05) is 0 Å². The summed E-state index contributed by atoms with van der Waals surface area (Å²) >= 11 is 0. The van der Waals surface area contributed by atoms with Gasteiger partial charge in [-0.2, -0.15) is 0 Å². The number of aliphatic hydroxyl groups is 1. The van der Waals surface area contributed by atoms with E-state index < -0.39 is 0 Å². The lowest BCUT2D eigenvalue weighted by Crippen LogP contribution is -2.50. The fourth-order valence-electron chi connectivity index (χ4n) is 3.74. The van der Waals surface area contributed by atoms with E-state index in [-0.39, 0.29) is 0 Å². The largest absolute Gasteiger partial charge is 0.396 e. The molecular formula is C15H29NO. The number of rotatable bonds is 3. The first-order chi connectivity index (χ1) is 8.22. The molecular weight excluding hydrogens is 210 g/mol. The summed E-state index contributed by atoms with van der Waals surface area (Å²) in [6.07, 6.45) is 9.23. The van der Waals surface area contributed by atoms with Crippen LogP contribution in [0.2, 0.25) is 0 Å². The first-order valence-electron chi connectivity index (χ1n) is 7.59. The Hall–Kier alpha value is -0.0800. The minimum Gasteiger partial charge on any atom is -0.396 e. The van der Waals surface area contributed by atoms with Crippen LogP contribution in [0.15, 0.2) is 0 Å². The minimum atomic E-state index is 0.369. The molecule has 0 saturated heterocycles. The van der Waals surface area contributed by atoms with Crippen LogP contribution in [0.25, 0.3) is 0 Å². The fourth-order valence-corrected chi connectivity index (χ4v) is 3.74. The molecule has 2 aliphatic rings. The smallest absolute Gasteiger partial charge is 0.0474 e. The SMILES string of the molecule is CC1CCCC(NC2CCCCC2CO)C1C. The second-order valence-corrected chi connectivity index (χ2v) is 6.37. The topological polar surface area (TPSA) is 32.3 Å². The predicted octanol–water partition coefficient (Wildman–Crippen LogP) is 2.95. The average molecular weight is 239 g/mol. The quantitative estimate of drug-likeness (QED) is 0.793. The van der Waals surface area contributed by atoms with Gasteiger partial charge in [0.05, 0.1) is 0 Å². The van der Waals surface area contributed by atoms with Crippen LogP contribution in [-0.4, -0.2) is 23.8 Å². The summed E-state index contributed by atoms with van der Waals surface area (Å²) in [5.41, 5.74) is 0. The molecule has 100 valence electrons. The van der Waals surface area contributed by atoms with Gasteiger partial charge < -0.3 is 10.4 Å². The third kappa shape index (κ3) is 3.23. The molecule has 0 aromatic carbocycles. The van der Waals surface area contributed by atoms with Crippen molar-refractivity contribution in [1.82, 2.24) is 5.32 Å². The monoisotopic (exact) mass is 239 g/mol. The van der Waals surface area contributed by atoms with Crippen LogP contribution in [-0.2, 0) is 0 Å². The summed E-state index contributed by atoms with van der Waals surface area (Å²) in [6.45, 7) is 5.16. The maximum absolute atomic E-state index is 9.47. The van der Waals surface area contributed by atoms with Gasteiger partial charge in [-0.05, 0) is 37.0 Å². The van der Waals surface area contributed by atoms with Crippen LogP contribution >= 0.6 is 0 Å². The Bertz CT molecular complexity index is 225. The standard InChI is InChI=1S/C15H29NO/c1-11-6-5-9-14(12(11)2)16-15-8-4-3-7-13(15)10-17/h11-17H,3-10H2,1-2H3. The molecule has 0 aromatic rings. The zero-order chi connectivity index (χ0) is 12.3. The Morgan fingerprint density at radius 2 is 1.65 bits per heavy atom. The minimum absolute atomic E-state index is 0.369. The summed E-state index contributed by atoms with van der Waals surface area (Å²) in [5, 5.41) is 13.3. The first kappa shape index (κ1) is 13.4. The van der Waals surface area contributed by atoms with Gasteiger partial charge in [0.15, 0.2) is 0 Å². The Morgan fingerprint density at radius 1 is 0.941 bits per heavy atom. The fraction of sp³-hybridized carbons (Fsp3) is 1.00. The van der Waals surface area contributed by atoms with Gasteiger partial charge in [-0.25, -0.2) is 0 Å². The molecule has 2 saturated carbocycles. The van der Waals surface area contributed by atoms with Crippen LogP contribution < -0.4 is 5.32 Å². The van der Waals surface area contributed by atoms with Crippen molar-refractivity contribution in [2.75, 3.05) is 6.61 Å². The molecule has 2 nitrogen and oxygen atoms in total. The van der Waals surface area contributed by atoms with Gasteiger partial charge in [0.25, 0.3) is 0 Å². The molecule has 17 heavy (non-hydrogen) atoms. The van der Waals surface area contributed by atoms with E-state index in [0.717, 1.165) is 11.8 Å². The van der Waals surface area contributed by atoms with E-state index >= 15 is 0 Å². The van der Waals surface area contributed by atoms with Crippen molar-refractivity contribution in [3.05, 3.63) is 0 Å². The van der Waals surface area contributed by atoms with Crippen molar-refractivity contribution in [3.8, 4) is 0 Å². The molecule has 5 atom stereocenters. The molecule has 0 heterocycles. The van der Waals surface area contributed by atoms with Crippen molar-refractivity contribution in [3.63, 3.8) is 0 Å². The summed E-state index contributed by atoms with van der Waals surface area (Å²) in [4.78, 5) is 0. The molecule has 2 fully saturated rings. The molecule has 2 heteroatoms. The number of hydrogen-bond acceptors (Lipinski definition) is 2. The average Bonchev–Trinajstić information content (AvgIpc) is 2.35. The van der Waals surface area contributed by atoms with Gasteiger partial charge in [0.2, 0.25) is 0 Å². The third-order valence-corrected chi connectivity index (χ3v) is 5.28. The van der Waals surface area contributed by atoms with E-state index in [2.05, 4.69) is 19.2 Å². The van der Waals surface area contributed by atoms with Crippen LogP contribution in [0.5, 0.6) is 0 Å². The van der Waals surface area contributed by atoms with Crippen molar-refractivity contribution in [2.45, 2.75) is 70.9 Å². The van der Waals surface area contributed by atoms with Crippen molar-refractivity contribution < 1.29 is 5.11 Å². The van der Waals surface area contributed by atoms with Crippen LogP contribution in [0, 0.1) is 17.8 Å². The Morgan fingerprint density at radius 3 is 2.41 bits per heavy atom. The maximum atomic E-state index is 9.47. The zero-order valence-electron chi connectivity index (χ0n) is 11.5. The maximum Gasteiger partial charge on any atom is 0.0474 e. The highest BCUT2D eigenvalue weighted by Crippen LogP contribution is 2.32. The highest BCUT2D eigenvalue weighted by atomic mass is 16.3. The molecule has 0 aliphatic heterocycles. The molecule has 0 radical (unpaired) electrons. The van der Waals surface area contributed by atoms with Crippen LogP contribution in [0.1, 0.15) is 58.8 Å². The normalized spacial score (nSPS) is 43.6. The van der Waals surface area contributed by atoms with Gasteiger partial charge in [-0.3, -0.25) is 0 Å². The van der Waals surface area contributed by atoms with Crippen molar-refractivity contribution >= 4 is 0 Å². The van der Waals surface area contributed by atoms with Gasteiger partial charge in [-0.15, -0.1) is 0 Å². The van der Waals surface area contributed by atoms with E-state index in [1.54, 1.807) is 0 Å². The van der Waals surface area contributed by atoms with Gasteiger partial charge >= 0.3 is 0 Å². The molecule has 2 rings (SSSR count). The van der Waals surface area contributed by atoms with E-state index in [9.17, 15) is 5.11 Å².